The second-order valence-electron chi connectivity index (χ2n) is 6.15. The summed E-state index contributed by atoms with van der Waals surface area (Å²) in [4.78, 5) is 38.6. The molecule has 3 aromatic rings. The molecule has 2 N–H and O–H groups in total. The number of rotatable bonds is 6. The number of benzene rings is 1. The van der Waals surface area contributed by atoms with Crippen molar-refractivity contribution in [2.24, 2.45) is 0 Å². The third kappa shape index (κ3) is 4.72. The summed E-state index contributed by atoms with van der Waals surface area (Å²) in [6.07, 6.45) is 0. The van der Waals surface area contributed by atoms with Crippen molar-refractivity contribution in [3.8, 4) is 10.4 Å². The Balaban J connectivity index is 1.97. The molecule has 0 fully saturated rings. The van der Waals surface area contributed by atoms with Gasteiger partial charge >= 0.3 is 5.97 Å². The van der Waals surface area contributed by atoms with Crippen LogP contribution in [0.5, 0.6) is 0 Å². The average Bonchev–Trinajstić information content (AvgIpc) is 3.29. The maximum atomic E-state index is 12.8. The molecular weight excluding hydrogens is 408 g/mol. The maximum Gasteiger partial charge on any atom is 0.341 e. The topological polar surface area (TPSA) is 84.5 Å². The highest BCUT2D eigenvalue weighted by atomic mass is 32.1. The van der Waals surface area contributed by atoms with Crippen LogP contribution in [0.4, 0.5) is 10.7 Å². The van der Waals surface area contributed by atoms with Crippen LogP contribution in [-0.4, -0.2) is 24.4 Å². The Morgan fingerprint density at radius 1 is 1.10 bits per heavy atom. The lowest BCUT2D eigenvalue weighted by atomic mass is 10.1. The molecular formula is C21H20N2O4S2. The molecule has 0 spiro atoms. The fourth-order valence-corrected chi connectivity index (χ4v) is 4.81. The number of carbonyl (C=O) groups is 3. The van der Waals surface area contributed by atoms with Gasteiger partial charge in [-0.2, -0.15) is 0 Å². The van der Waals surface area contributed by atoms with Gasteiger partial charge in [-0.3, -0.25) is 9.59 Å². The molecule has 0 bridgehead atoms. The molecule has 150 valence electrons. The minimum absolute atomic E-state index is 0.221. The van der Waals surface area contributed by atoms with Gasteiger partial charge in [0.05, 0.1) is 6.61 Å². The Labute approximate surface area is 176 Å². The molecule has 1 aromatic carbocycles. The Kier molecular flexibility index (Phi) is 6.46. The minimum atomic E-state index is -0.470. The standard InChI is InChI=1S/C21H20N2O4S2/c1-4-27-21(26)18-17(16-9-6-10-28-16)12(2)29-20(18)23-19(25)14-7-5-8-15(11-14)22-13(3)24/h5-11H,4H2,1-3H3,(H,22,24)(H,23,25). The Morgan fingerprint density at radius 2 is 1.90 bits per heavy atom. The van der Waals surface area contributed by atoms with Crippen molar-refractivity contribution in [3.63, 3.8) is 0 Å². The molecule has 8 heteroatoms. The van der Waals surface area contributed by atoms with Crippen molar-refractivity contribution in [3.05, 3.63) is 57.8 Å². The van der Waals surface area contributed by atoms with E-state index >= 15 is 0 Å². The number of hydrogen-bond acceptors (Lipinski definition) is 6. The predicted octanol–water partition coefficient (Wildman–Crippen LogP) is 5.17. The highest BCUT2D eigenvalue weighted by Gasteiger charge is 2.26. The lowest BCUT2D eigenvalue weighted by Gasteiger charge is -2.09. The Hall–Kier alpha value is -2.97. The third-order valence-corrected chi connectivity index (χ3v) is 5.91. The molecule has 2 aromatic heterocycles. The van der Waals surface area contributed by atoms with E-state index in [2.05, 4.69) is 10.6 Å². The molecule has 2 heterocycles. The molecule has 29 heavy (non-hydrogen) atoms. The van der Waals surface area contributed by atoms with E-state index in [1.165, 1.54) is 29.6 Å². The normalized spacial score (nSPS) is 10.4. The summed E-state index contributed by atoms with van der Waals surface area (Å²) in [6.45, 7) is 5.30. The van der Waals surface area contributed by atoms with Crippen LogP contribution < -0.4 is 10.6 Å². The number of nitrogens with one attached hydrogen (secondary N) is 2. The van der Waals surface area contributed by atoms with Gasteiger partial charge in [0.1, 0.15) is 10.6 Å². The second kappa shape index (κ2) is 9.02. The van der Waals surface area contributed by atoms with Gasteiger partial charge in [-0.05, 0) is 43.5 Å². The van der Waals surface area contributed by atoms with Gasteiger partial charge in [0.25, 0.3) is 5.91 Å². The number of aryl methyl sites for hydroxylation is 1. The molecule has 0 aliphatic rings. The van der Waals surface area contributed by atoms with Gasteiger partial charge in [0.2, 0.25) is 5.91 Å². The summed E-state index contributed by atoms with van der Waals surface area (Å²) >= 11 is 2.86. The number of thiophene rings is 2. The van der Waals surface area contributed by atoms with Crippen LogP contribution in [0.25, 0.3) is 10.4 Å². The number of anilines is 2. The fourth-order valence-electron chi connectivity index (χ4n) is 2.86. The van der Waals surface area contributed by atoms with Crippen molar-refractivity contribution in [1.82, 2.24) is 0 Å². The fraction of sp³-hybridized carbons (Fsp3) is 0.190. The number of ether oxygens (including phenoxy) is 1. The molecule has 0 aliphatic heterocycles. The summed E-state index contributed by atoms with van der Waals surface area (Å²) in [6, 6.07) is 10.5. The average molecular weight is 429 g/mol. The molecule has 0 unspecified atom stereocenters. The summed E-state index contributed by atoms with van der Waals surface area (Å²) in [7, 11) is 0. The molecule has 2 amide bonds. The molecule has 0 radical (unpaired) electrons. The van der Waals surface area contributed by atoms with Crippen molar-refractivity contribution in [1.29, 1.82) is 0 Å². The van der Waals surface area contributed by atoms with Gasteiger partial charge in [-0.1, -0.05) is 12.1 Å². The maximum absolute atomic E-state index is 12.8. The van der Waals surface area contributed by atoms with E-state index in [0.29, 0.717) is 21.8 Å². The first-order chi connectivity index (χ1) is 13.9. The van der Waals surface area contributed by atoms with Gasteiger partial charge in [-0.15, -0.1) is 22.7 Å². The van der Waals surface area contributed by atoms with E-state index in [1.807, 2.05) is 24.4 Å². The van der Waals surface area contributed by atoms with Crippen LogP contribution in [0.2, 0.25) is 0 Å². The molecule has 0 saturated carbocycles. The van der Waals surface area contributed by atoms with Crippen molar-refractivity contribution >= 4 is 51.1 Å². The van der Waals surface area contributed by atoms with E-state index in [0.717, 1.165) is 15.3 Å². The minimum Gasteiger partial charge on any atom is -0.462 e. The lowest BCUT2D eigenvalue weighted by molar-refractivity contribution is -0.114. The first-order valence-electron chi connectivity index (χ1n) is 8.94. The van der Waals surface area contributed by atoms with E-state index < -0.39 is 5.97 Å². The van der Waals surface area contributed by atoms with E-state index in [9.17, 15) is 14.4 Å². The summed E-state index contributed by atoms with van der Waals surface area (Å²) in [5, 5.41) is 7.87. The monoisotopic (exact) mass is 428 g/mol. The smallest absolute Gasteiger partial charge is 0.341 e. The third-order valence-electron chi connectivity index (χ3n) is 4.00. The Bertz CT molecular complexity index is 1050. The quantitative estimate of drug-likeness (QED) is 0.530. The number of hydrogen-bond donors (Lipinski definition) is 2. The number of carbonyl (C=O) groups excluding carboxylic acids is 3. The number of amides is 2. The van der Waals surface area contributed by atoms with E-state index in [1.54, 1.807) is 31.2 Å². The molecule has 0 saturated heterocycles. The largest absolute Gasteiger partial charge is 0.462 e. The lowest BCUT2D eigenvalue weighted by Crippen LogP contribution is -2.15. The van der Waals surface area contributed by atoms with Gasteiger partial charge in [0.15, 0.2) is 0 Å². The first kappa shape index (κ1) is 20.8. The predicted molar refractivity (Wildman–Crippen MR) is 117 cm³/mol. The van der Waals surface area contributed by atoms with Gasteiger partial charge in [0, 0.05) is 33.5 Å². The summed E-state index contributed by atoms with van der Waals surface area (Å²) in [5.74, 6) is -1.06. The van der Waals surface area contributed by atoms with Crippen LogP contribution in [0.1, 0.15) is 39.4 Å². The van der Waals surface area contributed by atoms with Crippen LogP contribution in [0.15, 0.2) is 41.8 Å². The van der Waals surface area contributed by atoms with Crippen LogP contribution >= 0.6 is 22.7 Å². The highest BCUT2D eigenvalue weighted by molar-refractivity contribution is 7.18. The van der Waals surface area contributed by atoms with Crippen molar-refractivity contribution in [2.45, 2.75) is 20.8 Å². The molecule has 3 rings (SSSR count). The van der Waals surface area contributed by atoms with E-state index in [-0.39, 0.29) is 18.4 Å². The van der Waals surface area contributed by atoms with Gasteiger partial charge in [-0.25, -0.2) is 4.79 Å². The zero-order valence-corrected chi connectivity index (χ0v) is 17.8. The summed E-state index contributed by atoms with van der Waals surface area (Å²) in [5.41, 5.74) is 2.04. The Morgan fingerprint density at radius 3 is 2.55 bits per heavy atom. The summed E-state index contributed by atoms with van der Waals surface area (Å²) < 4.78 is 5.24. The van der Waals surface area contributed by atoms with Crippen LogP contribution in [-0.2, 0) is 9.53 Å². The highest BCUT2D eigenvalue weighted by Crippen LogP contribution is 2.42. The SMILES string of the molecule is CCOC(=O)c1c(NC(=O)c2cccc(NC(C)=O)c2)sc(C)c1-c1cccs1. The first-order valence-corrected chi connectivity index (χ1v) is 10.6. The second-order valence-corrected chi connectivity index (χ2v) is 8.32. The van der Waals surface area contributed by atoms with E-state index in [4.69, 9.17) is 4.74 Å². The van der Waals surface area contributed by atoms with Crippen molar-refractivity contribution < 1.29 is 19.1 Å². The van der Waals surface area contributed by atoms with Crippen LogP contribution in [0.3, 0.4) is 0 Å². The van der Waals surface area contributed by atoms with Gasteiger partial charge < -0.3 is 15.4 Å². The number of esters is 1. The zero-order valence-electron chi connectivity index (χ0n) is 16.2. The van der Waals surface area contributed by atoms with Crippen molar-refractivity contribution in [2.75, 3.05) is 17.2 Å². The molecule has 0 aliphatic carbocycles. The molecule has 0 atom stereocenters. The zero-order chi connectivity index (χ0) is 21.0. The van der Waals surface area contributed by atoms with Crippen LogP contribution in [0, 0.1) is 6.92 Å². The molecule has 6 nitrogen and oxygen atoms in total.